The minimum Gasteiger partial charge on any atom is -0.481 e. The van der Waals surface area contributed by atoms with Gasteiger partial charge in [0.1, 0.15) is 5.82 Å². The highest BCUT2D eigenvalue weighted by atomic mass is 16.5. The van der Waals surface area contributed by atoms with Gasteiger partial charge in [0.05, 0.1) is 19.6 Å². The summed E-state index contributed by atoms with van der Waals surface area (Å²) < 4.78 is 8.15. The van der Waals surface area contributed by atoms with Crippen molar-refractivity contribution in [2.24, 2.45) is 0 Å². The molecule has 2 N–H and O–H groups in total. The van der Waals surface area contributed by atoms with Crippen molar-refractivity contribution in [1.82, 2.24) is 19.1 Å². The Hall–Kier alpha value is -3.62. The number of aliphatic carboxylic acids is 1. The Kier molecular flexibility index (Phi) is 7.07. The quantitative estimate of drug-likeness (QED) is 0.515. The van der Waals surface area contributed by atoms with Crippen LogP contribution in [-0.2, 0) is 24.2 Å². The van der Waals surface area contributed by atoms with E-state index in [1.54, 1.807) is 35.3 Å². The molecule has 0 saturated heterocycles. The number of hydrogen-bond donors (Lipinski definition) is 2. The van der Waals surface area contributed by atoms with Crippen molar-refractivity contribution in [1.29, 1.82) is 0 Å². The third-order valence-corrected chi connectivity index (χ3v) is 5.96. The molecule has 0 fully saturated rings. The van der Waals surface area contributed by atoms with Gasteiger partial charge in [0.15, 0.2) is 0 Å². The first-order valence-corrected chi connectivity index (χ1v) is 11.3. The van der Waals surface area contributed by atoms with Gasteiger partial charge < -0.3 is 15.2 Å². The Balaban J connectivity index is 1.45. The molecule has 4 heterocycles. The predicted octanol–water partition coefficient (Wildman–Crippen LogP) is 2.89. The molecule has 9 nitrogen and oxygen atoms in total. The fraction of sp³-hybridized carbons (Fsp3) is 0.417. The molecule has 33 heavy (non-hydrogen) atoms. The van der Waals surface area contributed by atoms with Crippen LogP contribution >= 0.6 is 0 Å². The second kappa shape index (κ2) is 10.3. The third kappa shape index (κ3) is 5.42. The second-order valence-electron chi connectivity index (χ2n) is 8.23. The highest BCUT2D eigenvalue weighted by Gasteiger charge is 2.21. The van der Waals surface area contributed by atoms with E-state index < -0.39 is 12.0 Å². The van der Waals surface area contributed by atoms with Crippen LogP contribution in [0.1, 0.15) is 48.5 Å². The summed E-state index contributed by atoms with van der Waals surface area (Å²) in [6, 6.07) is 6.97. The Morgan fingerprint density at radius 1 is 1.24 bits per heavy atom. The van der Waals surface area contributed by atoms with Gasteiger partial charge in [-0.1, -0.05) is 12.1 Å². The van der Waals surface area contributed by atoms with Gasteiger partial charge in [0.25, 0.3) is 0 Å². The van der Waals surface area contributed by atoms with E-state index in [-0.39, 0.29) is 12.1 Å². The number of nitrogens with zero attached hydrogens (tertiary/aromatic N) is 4. The number of aryl methyl sites for hydroxylation is 3. The SMILES string of the molecule is COc1ccc([C@H](CC(=O)O)n2ccn(CCCc3ccc4c(n3)NCCCC4)c2=O)cn1. The van der Waals surface area contributed by atoms with Gasteiger partial charge in [-0.2, -0.15) is 0 Å². The molecule has 0 bridgehead atoms. The van der Waals surface area contributed by atoms with E-state index in [0.717, 1.165) is 43.7 Å². The summed E-state index contributed by atoms with van der Waals surface area (Å²) in [6.45, 7) is 1.48. The predicted molar refractivity (Wildman–Crippen MR) is 124 cm³/mol. The summed E-state index contributed by atoms with van der Waals surface area (Å²) >= 11 is 0. The molecule has 3 aromatic rings. The van der Waals surface area contributed by atoms with Crippen molar-refractivity contribution in [2.75, 3.05) is 19.0 Å². The zero-order chi connectivity index (χ0) is 23.2. The highest BCUT2D eigenvalue weighted by molar-refractivity contribution is 5.68. The number of imidazole rings is 1. The normalized spacial score (nSPS) is 14.1. The summed E-state index contributed by atoms with van der Waals surface area (Å²) in [5, 5.41) is 12.8. The van der Waals surface area contributed by atoms with E-state index in [9.17, 15) is 14.7 Å². The van der Waals surface area contributed by atoms with Crippen molar-refractivity contribution in [3.8, 4) is 5.88 Å². The lowest BCUT2D eigenvalue weighted by atomic mass is 10.1. The van der Waals surface area contributed by atoms with Crippen LogP contribution in [-0.4, -0.2) is 43.8 Å². The third-order valence-electron chi connectivity index (χ3n) is 5.96. The number of methoxy groups -OCH3 is 1. The molecular weight excluding hydrogens is 422 g/mol. The van der Waals surface area contributed by atoms with Crippen LogP contribution in [0.15, 0.2) is 47.7 Å². The van der Waals surface area contributed by atoms with Crippen LogP contribution in [0.5, 0.6) is 5.88 Å². The molecule has 0 saturated carbocycles. The second-order valence-corrected chi connectivity index (χ2v) is 8.23. The first kappa shape index (κ1) is 22.6. The number of nitrogens with one attached hydrogen (secondary N) is 1. The molecule has 0 spiro atoms. The number of rotatable bonds is 9. The van der Waals surface area contributed by atoms with Gasteiger partial charge in [0, 0.05) is 43.4 Å². The Morgan fingerprint density at radius 2 is 2.12 bits per heavy atom. The number of aromatic nitrogens is 4. The maximum Gasteiger partial charge on any atom is 0.328 e. The van der Waals surface area contributed by atoms with Crippen LogP contribution in [0.2, 0.25) is 0 Å². The Morgan fingerprint density at radius 3 is 2.88 bits per heavy atom. The van der Waals surface area contributed by atoms with Crippen LogP contribution in [0.3, 0.4) is 0 Å². The largest absolute Gasteiger partial charge is 0.481 e. The summed E-state index contributed by atoms with van der Waals surface area (Å²) in [7, 11) is 1.51. The molecule has 0 aliphatic carbocycles. The summed E-state index contributed by atoms with van der Waals surface area (Å²) in [5.41, 5.74) is 2.67. The van der Waals surface area contributed by atoms with Gasteiger partial charge in [-0.05, 0) is 49.3 Å². The van der Waals surface area contributed by atoms with Crippen LogP contribution in [0, 0.1) is 0 Å². The van der Waals surface area contributed by atoms with Gasteiger partial charge in [-0.25, -0.2) is 14.8 Å². The van der Waals surface area contributed by atoms with Crippen LogP contribution in [0.25, 0.3) is 0 Å². The van der Waals surface area contributed by atoms with Crippen molar-refractivity contribution < 1.29 is 14.6 Å². The molecule has 0 amide bonds. The number of fused-ring (bicyclic) bond motifs is 1. The summed E-state index contributed by atoms with van der Waals surface area (Å²) in [6.07, 6.45) is 9.58. The summed E-state index contributed by atoms with van der Waals surface area (Å²) in [4.78, 5) is 33.4. The number of anilines is 1. The topological polar surface area (TPSA) is 111 Å². The maximum absolute atomic E-state index is 13.0. The lowest BCUT2D eigenvalue weighted by Crippen LogP contribution is -2.29. The molecule has 1 atom stereocenters. The lowest BCUT2D eigenvalue weighted by molar-refractivity contribution is -0.137. The first-order chi connectivity index (χ1) is 16.0. The molecule has 3 aromatic heterocycles. The first-order valence-electron chi connectivity index (χ1n) is 11.3. The maximum atomic E-state index is 13.0. The van der Waals surface area contributed by atoms with E-state index in [0.29, 0.717) is 18.0 Å². The molecule has 1 aliphatic heterocycles. The minimum absolute atomic E-state index is 0.218. The van der Waals surface area contributed by atoms with Gasteiger partial charge in [-0.15, -0.1) is 0 Å². The standard InChI is InChI=1S/C24H29N5O4/c1-33-21-10-8-18(16-26-21)20(15-22(30)31)29-14-13-28(24(29)32)12-4-6-19-9-7-17-5-2-3-11-25-23(17)27-19/h7-10,13-14,16,20H,2-6,11-12,15H2,1H3,(H,25,27)(H,30,31)/t20-/m0/s1. The van der Waals surface area contributed by atoms with Gasteiger partial charge in [-0.3, -0.25) is 13.9 Å². The minimum atomic E-state index is -0.988. The van der Waals surface area contributed by atoms with Crippen molar-refractivity contribution in [3.63, 3.8) is 0 Å². The van der Waals surface area contributed by atoms with Crippen LogP contribution < -0.4 is 15.7 Å². The Bertz CT molecular complexity index is 1150. The van der Waals surface area contributed by atoms with E-state index in [4.69, 9.17) is 9.72 Å². The van der Waals surface area contributed by atoms with Crippen molar-refractivity contribution in [3.05, 3.63) is 70.2 Å². The molecule has 9 heteroatoms. The Labute approximate surface area is 192 Å². The molecule has 0 radical (unpaired) electrons. The number of pyridine rings is 2. The van der Waals surface area contributed by atoms with Gasteiger partial charge in [0.2, 0.25) is 5.88 Å². The molecule has 0 unspecified atom stereocenters. The van der Waals surface area contributed by atoms with Crippen molar-refractivity contribution in [2.45, 2.75) is 51.1 Å². The van der Waals surface area contributed by atoms with Crippen LogP contribution in [0.4, 0.5) is 5.82 Å². The fourth-order valence-corrected chi connectivity index (χ4v) is 4.19. The number of carboxylic acids is 1. The molecule has 1 aliphatic rings. The number of hydrogen-bond acceptors (Lipinski definition) is 6. The lowest BCUT2D eigenvalue weighted by Gasteiger charge is -2.16. The monoisotopic (exact) mass is 451 g/mol. The average Bonchev–Trinajstić information content (AvgIpc) is 3.02. The average molecular weight is 452 g/mol. The molecular formula is C24H29N5O4. The molecule has 4 rings (SSSR count). The zero-order valence-corrected chi connectivity index (χ0v) is 18.7. The number of carbonyl (C=O) groups is 1. The number of ether oxygens (including phenoxy) is 1. The van der Waals surface area contributed by atoms with E-state index in [1.807, 2.05) is 0 Å². The fourth-order valence-electron chi connectivity index (χ4n) is 4.19. The highest BCUT2D eigenvalue weighted by Crippen LogP contribution is 2.22. The smallest absolute Gasteiger partial charge is 0.328 e. The molecule has 174 valence electrons. The van der Waals surface area contributed by atoms with Crippen molar-refractivity contribution >= 4 is 11.8 Å². The van der Waals surface area contributed by atoms with Gasteiger partial charge >= 0.3 is 11.7 Å². The number of carboxylic acid groups (broad SMARTS) is 1. The zero-order valence-electron chi connectivity index (χ0n) is 18.7. The molecule has 0 aromatic carbocycles. The van der Waals surface area contributed by atoms with E-state index in [2.05, 4.69) is 22.4 Å². The summed E-state index contributed by atoms with van der Waals surface area (Å²) in [5.74, 6) is 0.427. The van der Waals surface area contributed by atoms with E-state index >= 15 is 0 Å². The van der Waals surface area contributed by atoms with E-state index in [1.165, 1.54) is 23.7 Å².